The zero-order chi connectivity index (χ0) is 10.6. The second-order valence-electron chi connectivity index (χ2n) is 2.99. The average Bonchev–Trinajstić information content (AvgIpc) is 2.19. The van der Waals surface area contributed by atoms with E-state index in [9.17, 15) is 14.0 Å². The fraction of sp³-hybridized carbons (Fsp3) is 0.273. The molecule has 0 fully saturated rings. The van der Waals surface area contributed by atoms with Gasteiger partial charge in [-0.25, -0.2) is 4.39 Å². The van der Waals surface area contributed by atoms with Crippen molar-refractivity contribution in [2.75, 3.05) is 0 Å². The van der Waals surface area contributed by atoms with Gasteiger partial charge in [-0.3, -0.25) is 4.79 Å². The Labute approximate surface area is 81.7 Å². The number of Topliss-reactive ketones (excluding diaryl/α,β-unsaturated/α-hetero) is 1. The van der Waals surface area contributed by atoms with Gasteiger partial charge in [-0.15, -0.1) is 0 Å². The maximum Gasteiger partial charge on any atom is 0.147 e. The molecule has 14 heavy (non-hydrogen) atoms. The van der Waals surface area contributed by atoms with Crippen LogP contribution in [0.1, 0.15) is 24.8 Å². The summed E-state index contributed by atoms with van der Waals surface area (Å²) in [6.45, 7) is 1.68. The smallest absolute Gasteiger partial charge is 0.147 e. The summed E-state index contributed by atoms with van der Waals surface area (Å²) in [7, 11) is 0. The van der Waals surface area contributed by atoms with E-state index in [0.717, 1.165) is 0 Å². The highest BCUT2D eigenvalue weighted by molar-refractivity contribution is 5.98. The highest BCUT2D eigenvalue weighted by atomic mass is 19.1. The minimum absolute atomic E-state index is 0.189. The van der Waals surface area contributed by atoms with Crippen molar-refractivity contribution in [3.05, 3.63) is 35.6 Å². The SMILES string of the molecule is CCC(=O)C(C=O)c1cccc(F)c1. The van der Waals surface area contributed by atoms with E-state index in [2.05, 4.69) is 0 Å². The molecule has 0 spiro atoms. The van der Waals surface area contributed by atoms with Crippen LogP contribution in [0.4, 0.5) is 4.39 Å². The van der Waals surface area contributed by atoms with Crippen LogP contribution in [0, 0.1) is 5.82 Å². The number of hydrogen-bond acceptors (Lipinski definition) is 2. The Bertz CT molecular complexity index is 347. The molecule has 0 saturated carbocycles. The van der Waals surface area contributed by atoms with Crippen molar-refractivity contribution >= 4 is 12.1 Å². The number of ketones is 1. The van der Waals surface area contributed by atoms with E-state index in [4.69, 9.17) is 0 Å². The van der Waals surface area contributed by atoms with E-state index in [1.165, 1.54) is 18.2 Å². The van der Waals surface area contributed by atoms with Crippen molar-refractivity contribution < 1.29 is 14.0 Å². The molecule has 1 atom stereocenters. The summed E-state index contributed by atoms with van der Waals surface area (Å²) in [6, 6.07) is 5.56. The van der Waals surface area contributed by atoms with E-state index in [-0.39, 0.29) is 12.2 Å². The molecule has 0 aliphatic rings. The van der Waals surface area contributed by atoms with Gasteiger partial charge < -0.3 is 4.79 Å². The lowest BCUT2D eigenvalue weighted by atomic mass is 9.95. The van der Waals surface area contributed by atoms with Gasteiger partial charge >= 0.3 is 0 Å². The Morgan fingerprint density at radius 1 is 1.57 bits per heavy atom. The van der Waals surface area contributed by atoms with Gasteiger partial charge in [0, 0.05) is 6.42 Å². The summed E-state index contributed by atoms with van der Waals surface area (Å²) in [5, 5.41) is 0. The molecular formula is C11H11FO2. The van der Waals surface area contributed by atoms with Gasteiger partial charge in [-0.1, -0.05) is 19.1 Å². The average molecular weight is 194 g/mol. The molecule has 1 rings (SSSR count). The monoisotopic (exact) mass is 194 g/mol. The topological polar surface area (TPSA) is 34.1 Å². The molecule has 1 aromatic carbocycles. The summed E-state index contributed by atoms with van der Waals surface area (Å²) in [6.07, 6.45) is 0.834. The number of halogens is 1. The third-order valence-corrected chi connectivity index (χ3v) is 2.04. The zero-order valence-electron chi connectivity index (χ0n) is 7.87. The molecule has 0 aromatic heterocycles. The lowest BCUT2D eigenvalue weighted by molar-refractivity contribution is -0.124. The van der Waals surface area contributed by atoms with E-state index in [0.29, 0.717) is 11.8 Å². The van der Waals surface area contributed by atoms with Crippen LogP contribution < -0.4 is 0 Å². The molecule has 0 saturated heterocycles. The summed E-state index contributed by atoms with van der Waals surface area (Å²) in [4.78, 5) is 22.0. The minimum atomic E-state index is -0.823. The summed E-state index contributed by atoms with van der Waals surface area (Å²) in [5.74, 6) is -1.44. The lowest BCUT2D eigenvalue weighted by Gasteiger charge is -2.07. The highest BCUT2D eigenvalue weighted by Crippen LogP contribution is 2.16. The van der Waals surface area contributed by atoms with Crippen molar-refractivity contribution in [3.8, 4) is 0 Å². The quantitative estimate of drug-likeness (QED) is 0.543. The van der Waals surface area contributed by atoms with Crippen molar-refractivity contribution in [2.45, 2.75) is 19.3 Å². The molecule has 0 aliphatic carbocycles. The highest BCUT2D eigenvalue weighted by Gasteiger charge is 2.17. The number of aldehydes is 1. The lowest BCUT2D eigenvalue weighted by Crippen LogP contribution is -2.12. The Kier molecular flexibility index (Phi) is 3.51. The molecule has 2 nitrogen and oxygen atoms in total. The first kappa shape index (κ1) is 10.6. The third-order valence-electron chi connectivity index (χ3n) is 2.04. The molecule has 0 heterocycles. The first-order valence-corrected chi connectivity index (χ1v) is 4.42. The van der Waals surface area contributed by atoms with Crippen LogP contribution in [0.2, 0.25) is 0 Å². The fourth-order valence-electron chi connectivity index (χ4n) is 1.26. The van der Waals surface area contributed by atoms with Gasteiger partial charge in [0.25, 0.3) is 0 Å². The fourth-order valence-corrected chi connectivity index (χ4v) is 1.26. The molecule has 0 amide bonds. The van der Waals surface area contributed by atoms with Gasteiger partial charge in [0.1, 0.15) is 17.9 Å². The van der Waals surface area contributed by atoms with Crippen molar-refractivity contribution in [3.63, 3.8) is 0 Å². The van der Waals surface area contributed by atoms with Gasteiger partial charge in [0.05, 0.1) is 5.92 Å². The van der Waals surface area contributed by atoms with Crippen LogP contribution in [0.25, 0.3) is 0 Å². The number of benzene rings is 1. The number of rotatable bonds is 4. The molecule has 1 unspecified atom stereocenters. The van der Waals surface area contributed by atoms with Crippen LogP contribution in [-0.2, 0) is 9.59 Å². The van der Waals surface area contributed by atoms with Crippen molar-refractivity contribution in [1.29, 1.82) is 0 Å². The van der Waals surface area contributed by atoms with E-state index in [1.807, 2.05) is 0 Å². The molecule has 74 valence electrons. The predicted molar refractivity (Wildman–Crippen MR) is 50.5 cm³/mol. The maximum absolute atomic E-state index is 12.8. The standard InChI is InChI=1S/C11H11FO2/c1-2-11(14)10(7-13)8-4-3-5-9(12)6-8/h3-7,10H,2H2,1H3. The minimum Gasteiger partial charge on any atom is -0.302 e. The van der Waals surface area contributed by atoms with Gasteiger partial charge in [0.15, 0.2) is 0 Å². The van der Waals surface area contributed by atoms with Crippen LogP contribution in [0.5, 0.6) is 0 Å². The molecular weight excluding hydrogens is 183 g/mol. The Balaban J connectivity index is 3.00. The first-order chi connectivity index (χ1) is 6.69. The van der Waals surface area contributed by atoms with E-state index >= 15 is 0 Å². The normalized spacial score (nSPS) is 12.1. The number of carbonyl (C=O) groups excluding carboxylic acids is 2. The summed E-state index contributed by atoms with van der Waals surface area (Å²) < 4.78 is 12.8. The first-order valence-electron chi connectivity index (χ1n) is 4.42. The molecule has 0 radical (unpaired) electrons. The molecule has 1 aromatic rings. The largest absolute Gasteiger partial charge is 0.302 e. The number of hydrogen-bond donors (Lipinski definition) is 0. The Morgan fingerprint density at radius 2 is 2.29 bits per heavy atom. The third kappa shape index (κ3) is 2.25. The van der Waals surface area contributed by atoms with Crippen molar-refractivity contribution in [2.24, 2.45) is 0 Å². The molecule has 0 N–H and O–H groups in total. The second kappa shape index (κ2) is 4.65. The second-order valence-corrected chi connectivity index (χ2v) is 2.99. The van der Waals surface area contributed by atoms with Gasteiger partial charge in [-0.05, 0) is 17.7 Å². The van der Waals surface area contributed by atoms with Crippen LogP contribution in [0.15, 0.2) is 24.3 Å². The van der Waals surface area contributed by atoms with Crippen LogP contribution >= 0.6 is 0 Å². The van der Waals surface area contributed by atoms with E-state index in [1.54, 1.807) is 13.0 Å². The summed E-state index contributed by atoms with van der Waals surface area (Å²) in [5.41, 5.74) is 0.423. The van der Waals surface area contributed by atoms with Crippen LogP contribution in [-0.4, -0.2) is 12.1 Å². The number of carbonyl (C=O) groups is 2. The Hall–Kier alpha value is -1.51. The zero-order valence-corrected chi connectivity index (χ0v) is 7.87. The Morgan fingerprint density at radius 3 is 2.79 bits per heavy atom. The van der Waals surface area contributed by atoms with Gasteiger partial charge in [0.2, 0.25) is 0 Å². The summed E-state index contributed by atoms with van der Waals surface area (Å²) >= 11 is 0. The molecule has 0 aliphatic heterocycles. The maximum atomic E-state index is 12.8. The van der Waals surface area contributed by atoms with Crippen LogP contribution in [0.3, 0.4) is 0 Å². The van der Waals surface area contributed by atoms with Gasteiger partial charge in [-0.2, -0.15) is 0 Å². The predicted octanol–water partition coefficient (Wildman–Crippen LogP) is 2.09. The molecule has 0 bridgehead atoms. The molecule has 3 heteroatoms. The van der Waals surface area contributed by atoms with Crippen molar-refractivity contribution in [1.82, 2.24) is 0 Å². The van der Waals surface area contributed by atoms with E-state index < -0.39 is 11.7 Å².